The summed E-state index contributed by atoms with van der Waals surface area (Å²) in [6.45, 7) is 3.80. The van der Waals surface area contributed by atoms with Crippen molar-refractivity contribution >= 4 is 39.1 Å². The van der Waals surface area contributed by atoms with E-state index in [0.717, 1.165) is 3.79 Å². The summed E-state index contributed by atoms with van der Waals surface area (Å²) in [6, 6.07) is 1.72. The van der Waals surface area contributed by atoms with E-state index in [1.165, 1.54) is 11.3 Å². The third-order valence-corrected chi connectivity index (χ3v) is 4.73. The zero-order chi connectivity index (χ0) is 13.8. The average Bonchev–Trinajstić information content (AvgIpc) is 2.77. The molecule has 2 N–H and O–H groups in total. The molecule has 1 amide bonds. The first kappa shape index (κ1) is 15.2. The van der Waals surface area contributed by atoms with Crippen LogP contribution in [0.15, 0.2) is 15.2 Å². The summed E-state index contributed by atoms with van der Waals surface area (Å²) < 4.78 is 0.878. The van der Waals surface area contributed by atoms with E-state index >= 15 is 0 Å². The topological polar surface area (TPSA) is 66.4 Å². The van der Waals surface area contributed by atoms with Gasteiger partial charge in [0.2, 0.25) is 0 Å². The number of thiophene rings is 1. The smallest absolute Gasteiger partial charge is 0.311 e. The lowest BCUT2D eigenvalue weighted by atomic mass is 9.82. The monoisotopic (exact) mass is 333 g/mol. The van der Waals surface area contributed by atoms with Gasteiger partial charge in [-0.15, -0.1) is 11.3 Å². The molecule has 18 heavy (non-hydrogen) atoms. The number of amides is 1. The highest BCUT2D eigenvalue weighted by Gasteiger charge is 2.35. The minimum absolute atomic E-state index is 0.154. The van der Waals surface area contributed by atoms with Crippen LogP contribution in [0.25, 0.3) is 0 Å². The lowest BCUT2D eigenvalue weighted by Gasteiger charge is -2.26. The Balaban J connectivity index is 2.69. The first-order valence-corrected chi connectivity index (χ1v) is 7.38. The standard InChI is InChI=1S/C12H16BrNO3S/c1-3-12(4-2,11(16)17)7-14-10(15)8-5-9(13)18-6-8/h5-6H,3-4,7H2,1-2H3,(H,14,15)(H,16,17). The number of carboxylic acids is 1. The van der Waals surface area contributed by atoms with Gasteiger partial charge in [0.25, 0.3) is 5.91 Å². The highest BCUT2D eigenvalue weighted by molar-refractivity contribution is 9.11. The maximum atomic E-state index is 11.8. The Kier molecular flexibility index (Phi) is 5.34. The number of carboxylic acid groups (broad SMARTS) is 1. The van der Waals surface area contributed by atoms with Crippen molar-refractivity contribution in [3.05, 3.63) is 20.8 Å². The van der Waals surface area contributed by atoms with E-state index < -0.39 is 11.4 Å². The van der Waals surface area contributed by atoms with Gasteiger partial charge in [0.15, 0.2) is 0 Å². The molecule has 0 unspecified atom stereocenters. The molecule has 0 fully saturated rings. The van der Waals surface area contributed by atoms with Crippen molar-refractivity contribution in [3.8, 4) is 0 Å². The number of hydrogen-bond donors (Lipinski definition) is 2. The van der Waals surface area contributed by atoms with Crippen LogP contribution in [0.5, 0.6) is 0 Å². The largest absolute Gasteiger partial charge is 0.481 e. The van der Waals surface area contributed by atoms with Crippen LogP contribution >= 0.6 is 27.3 Å². The molecule has 0 saturated carbocycles. The second-order valence-electron chi connectivity index (χ2n) is 4.11. The first-order chi connectivity index (χ1) is 8.45. The summed E-state index contributed by atoms with van der Waals surface area (Å²) in [5, 5.41) is 13.7. The molecule has 0 aromatic carbocycles. The lowest BCUT2D eigenvalue weighted by molar-refractivity contribution is -0.149. The summed E-state index contributed by atoms with van der Waals surface area (Å²) in [6.07, 6.45) is 0.985. The maximum absolute atomic E-state index is 11.8. The fraction of sp³-hybridized carbons (Fsp3) is 0.500. The van der Waals surface area contributed by atoms with Gasteiger partial charge in [-0.05, 0) is 34.8 Å². The fourth-order valence-electron chi connectivity index (χ4n) is 1.66. The lowest BCUT2D eigenvalue weighted by Crippen LogP contribution is -2.42. The minimum Gasteiger partial charge on any atom is -0.481 e. The molecule has 100 valence electrons. The number of carbonyl (C=O) groups excluding carboxylic acids is 1. The third-order valence-electron chi connectivity index (χ3n) is 3.22. The Labute approximate surface area is 119 Å². The number of rotatable bonds is 6. The molecule has 1 aromatic heterocycles. The Bertz CT molecular complexity index is 440. The first-order valence-electron chi connectivity index (χ1n) is 5.71. The van der Waals surface area contributed by atoms with E-state index in [-0.39, 0.29) is 12.5 Å². The van der Waals surface area contributed by atoms with Gasteiger partial charge in [0.05, 0.1) is 14.8 Å². The second-order valence-corrected chi connectivity index (χ2v) is 6.41. The quantitative estimate of drug-likeness (QED) is 0.840. The zero-order valence-corrected chi connectivity index (χ0v) is 12.7. The highest BCUT2D eigenvalue weighted by atomic mass is 79.9. The van der Waals surface area contributed by atoms with E-state index in [4.69, 9.17) is 0 Å². The molecule has 4 nitrogen and oxygen atoms in total. The Hall–Kier alpha value is -0.880. The van der Waals surface area contributed by atoms with Crippen LogP contribution in [-0.2, 0) is 4.79 Å². The molecule has 0 bridgehead atoms. The summed E-state index contributed by atoms with van der Waals surface area (Å²) in [5.74, 6) is -1.09. The van der Waals surface area contributed by atoms with Crippen LogP contribution in [-0.4, -0.2) is 23.5 Å². The second kappa shape index (κ2) is 6.33. The van der Waals surface area contributed by atoms with Gasteiger partial charge in [0.1, 0.15) is 0 Å². The zero-order valence-electron chi connectivity index (χ0n) is 10.3. The van der Waals surface area contributed by atoms with E-state index in [2.05, 4.69) is 21.2 Å². The number of halogens is 1. The highest BCUT2D eigenvalue weighted by Crippen LogP contribution is 2.26. The van der Waals surface area contributed by atoms with Crippen molar-refractivity contribution in [2.75, 3.05) is 6.54 Å². The molecule has 0 aliphatic heterocycles. The van der Waals surface area contributed by atoms with Crippen molar-refractivity contribution in [2.24, 2.45) is 5.41 Å². The number of nitrogens with one attached hydrogen (secondary N) is 1. The normalized spacial score (nSPS) is 11.3. The molecule has 0 radical (unpaired) electrons. The van der Waals surface area contributed by atoms with Crippen molar-refractivity contribution in [2.45, 2.75) is 26.7 Å². The predicted molar refractivity (Wildman–Crippen MR) is 75.0 cm³/mol. The molecular formula is C12H16BrNO3S. The van der Waals surface area contributed by atoms with Crippen molar-refractivity contribution < 1.29 is 14.7 Å². The van der Waals surface area contributed by atoms with Crippen molar-refractivity contribution in [1.82, 2.24) is 5.32 Å². The molecule has 0 spiro atoms. The molecule has 1 rings (SSSR count). The molecule has 0 aliphatic rings. The van der Waals surface area contributed by atoms with Crippen LogP contribution in [0.4, 0.5) is 0 Å². The average molecular weight is 334 g/mol. The van der Waals surface area contributed by atoms with Crippen LogP contribution < -0.4 is 5.32 Å². The molecular weight excluding hydrogens is 318 g/mol. The fourth-order valence-corrected chi connectivity index (χ4v) is 2.80. The molecule has 1 heterocycles. The summed E-state index contributed by atoms with van der Waals surface area (Å²) in [5.41, 5.74) is -0.318. The maximum Gasteiger partial charge on any atom is 0.311 e. The van der Waals surface area contributed by atoms with Crippen molar-refractivity contribution in [1.29, 1.82) is 0 Å². The van der Waals surface area contributed by atoms with Crippen LogP contribution in [0, 0.1) is 5.41 Å². The van der Waals surface area contributed by atoms with Crippen molar-refractivity contribution in [3.63, 3.8) is 0 Å². The van der Waals surface area contributed by atoms with Gasteiger partial charge in [-0.25, -0.2) is 0 Å². The Morgan fingerprint density at radius 3 is 2.44 bits per heavy atom. The van der Waals surface area contributed by atoms with Gasteiger partial charge < -0.3 is 10.4 Å². The number of carbonyl (C=O) groups is 2. The molecule has 6 heteroatoms. The van der Waals surface area contributed by atoms with E-state index in [1.54, 1.807) is 11.4 Å². The van der Waals surface area contributed by atoms with E-state index in [0.29, 0.717) is 18.4 Å². The van der Waals surface area contributed by atoms with E-state index in [1.807, 2.05) is 13.8 Å². The molecule has 0 saturated heterocycles. The number of hydrogen-bond acceptors (Lipinski definition) is 3. The molecule has 1 aromatic rings. The SMILES string of the molecule is CCC(CC)(CNC(=O)c1csc(Br)c1)C(=O)O. The van der Waals surface area contributed by atoms with E-state index in [9.17, 15) is 14.7 Å². The molecule has 0 aliphatic carbocycles. The predicted octanol–water partition coefficient (Wildman–Crippen LogP) is 3.13. The van der Waals surface area contributed by atoms with Crippen LogP contribution in [0.3, 0.4) is 0 Å². The third kappa shape index (κ3) is 3.32. The van der Waals surface area contributed by atoms with Gasteiger partial charge in [0, 0.05) is 11.9 Å². The summed E-state index contributed by atoms with van der Waals surface area (Å²) in [7, 11) is 0. The summed E-state index contributed by atoms with van der Waals surface area (Å²) >= 11 is 4.71. The van der Waals surface area contributed by atoms with Gasteiger partial charge >= 0.3 is 5.97 Å². The Morgan fingerprint density at radius 1 is 1.44 bits per heavy atom. The minimum atomic E-state index is -0.872. The van der Waals surface area contributed by atoms with Gasteiger partial charge in [-0.2, -0.15) is 0 Å². The number of aliphatic carboxylic acids is 1. The van der Waals surface area contributed by atoms with Crippen LogP contribution in [0.2, 0.25) is 0 Å². The Morgan fingerprint density at radius 2 is 2.06 bits per heavy atom. The molecule has 0 atom stereocenters. The van der Waals surface area contributed by atoms with Gasteiger partial charge in [-0.1, -0.05) is 13.8 Å². The van der Waals surface area contributed by atoms with Gasteiger partial charge in [-0.3, -0.25) is 9.59 Å². The van der Waals surface area contributed by atoms with Crippen LogP contribution in [0.1, 0.15) is 37.0 Å². The summed E-state index contributed by atoms with van der Waals surface area (Å²) in [4.78, 5) is 23.1.